The first-order chi connectivity index (χ1) is 26.8. The van der Waals surface area contributed by atoms with Crippen molar-refractivity contribution in [1.82, 2.24) is 0 Å². The minimum absolute atomic E-state index is 0.883. The van der Waals surface area contributed by atoms with Crippen LogP contribution in [0.15, 0.2) is 205 Å². The third-order valence-corrected chi connectivity index (χ3v) is 11.0. The molecule has 1 aromatic heterocycles. The van der Waals surface area contributed by atoms with Gasteiger partial charge >= 0.3 is 0 Å². The maximum absolute atomic E-state index is 6.58. The second kappa shape index (κ2) is 12.2. The average molecular weight is 688 g/mol. The van der Waals surface area contributed by atoms with Gasteiger partial charge in [-0.2, -0.15) is 0 Å². The Kier molecular flexibility index (Phi) is 6.90. The first kappa shape index (κ1) is 30.5. The zero-order valence-corrected chi connectivity index (χ0v) is 29.4. The van der Waals surface area contributed by atoms with Gasteiger partial charge < -0.3 is 9.32 Å². The van der Waals surface area contributed by atoms with E-state index < -0.39 is 0 Å². The average Bonchev–Trinajstić information content (AvgIpc) is 3.60. The molecule has 1 heterocycles. The molecule has 0 aliphatic carbocycles. The van der Waals surface area contributed by atoms with Crippen molar-refractivity contribution in [3.8, 4) is 22.3 Å². The molecule has 0 saturated heterocycles. The van der Waals surface area contributed by atoms with Gasteiger partial charge in [-0.15, -0.1) is 0 Å². The standard InChI is InChI=1S/C52H33NO/c1-2-16-37-33-51-47(32-36(37)15-1)52-46(25-12-28-50(52)54-51)44-22-7-8-26-48(44)53(49-27-11-24-43-41-21-6-4-14-35(41)29-30-45(43)49)39-19-9-18-38(31-39)42-23-10-17-34-13-3-5-20-40(34)42/h1-33H. The van der Waals surface area contributed by atoms with Gasteiger partial charge in [0, 0.05) is 27.4 Å². The van der Waals surface area contributed by atoms with E-state index in [1.807, 2.05) is 0 Å². The molecule has 0 radical (unpaired) electrons. The number of hydrogen-bond acceptors (Lipinski definition) is 2. The monoisotopic (exact) mass is 687 g/mol. The van der Waals surface area contributed by atoms with E-state index in [9.17, 15) is 0 Å². The third-order valence-electron chi connectivity index (χ3n) is 11.0. The van der Waals surface area contributed by atoms with Crippen LogP contribution in [-0.4, -0.2) is 0 Å². The van der Waals surface area contributed by atoms with E-state index in [1.165, 1.54) is 54.2 Å². The lowest BCUT2D eigenvalue weighted by atomic mass is 9.94. The molecule has 0 amide bonds. The Hall–Kier alpha value is -7.16. The molecule has 11 rings (SSSR count). The van der Waals surface area contributed by atoms with Crippen molar-refractivity contribution in [3.63, 3.8) is 0 Å². The number of fused-ring (bicyclic) bond motifs is 8. The summed E-state index contributed by atoms with van der Waals surface area (Å²) in [6.07, 6.45) is 0. The molecule has 54 heavy (non-hydrogen) atoms. The van der Waals surface area contributed by atoms with Gasteiger partial charge in [0.2, 0.25) is 0 Å². The topological polar surface area (TPSA) is 16.4 Å². The Morgan fingerprint density at radius 1 is 0.315 bits per heavy atom. The quantitative estimate of drug-likeness (QED) is 0.168. The van der Waals surface area contributed by atoms with Crippen molar-refractivity contribution >= 4 is 82.1 Å². The van der Waals surface area contributed by atoms with Crippen molar-refractivity contribution in [2.45, 2.75) is 0 Å². The molecule has 0 N–H and O–H groups in total. The summed E-state index contributed by atoms with van der Waals surface area (Å²) >= 11 is 0. The largest absolute Gasteiger partial charge is 0.456 e. The summed E-state index contributed by atoms with van der Waals surface area (Å²) in [4.78, 5) is 2.46. The molecule has 0 spiro atoms. The van der Waals surface area contributed by atoms with Crippen LogP contribution >= 0.6 is 0 Å². The number of benzene rings is 10. The fourth-order valence-electron chi connectivity index (χ4n) is 8.55. The van der Waals surface area contributed by atoms with Crippen LogP contribution in [-0.2, 0) is 0 Å². The SMILES string of the molecule is c1cc(-c2cccc3ccccc23)cc(N(c2ccccc2-c2cccc3oc4cc5ccccc5cc4c23)c2cccc3c2ccc2ccccc23)c1. The first-order valence-corrected chi connectivity index (χ1v) is 18.5. The smallest absolute Gasteiger partial charge is 0.136 e. The molecule has 2 nitrogen and oxygen atoms in total. The van der Waals surface area contributed by atoms with Gasteiger partial charge in [-0.1, -0.05) is 158 Å². The second-order valence-corrected chi connectivity index (χ2v) is 14.1. The summed E-state index contributed by atoms with van der Waals surface area (Å²) in [5.41, 5.74) is 9.74. The predicted octanol–water partition coefficient (Wildman–Crippen LogP) is 15.0. The van der Waals surface area contributed by atoms with Gasteiger partial charge in [0.05, 0.1) is 11.4 Å². The number of rotatable bonds is 5. The molecule has 0 fully saturated rings. The minimum atomic E-state index is 0.883. The fourth-order valence-corrected chi connectivity index (χ4v) is 8.55. The lowest BCUT2D eigenvalue weighted by molar-refractivity contribution is 0.669. The van der Waals surface area contributed by atoms with Crippen molar-refractivity contribution < 1.29 is 4.42 Å². The van der Waals surface area contributed by atoms with Crippen LogP contribution in [0.5, 0.6) is 0 Å². The molecule has 0 aliphatic rings. The molecular weight excluding hydrogens is 655 g/mol. The van der Waals surface area contributed by atoms with Crippen LogP contribution in [0.1, 0.15) is 0 Å². The number of nitrogens with zero attached hydrogens (tertiary/aromatic N) is 1. The molecule has 0 saturated carbocycles. The molecule has 0 unspecified atom stereocenters. The Balaban J connectivity index is 1.20. The Bertz CT molecular complexity index is 3240. The van der Waals surface area contributed by atoms with Crippen molar-refractivity contribution in [1.29, 1.82) is 0 Å². The van der Waals surface area contributed by atoms with Crippen LogP contribution in [0.4, 0.5) is 17.1 Å². The summed E-state index contributed by atoms with van der Waals surface area (Å²) in [6, 6.07) is 72.4. The lowest BCUT2D eigenvalue weighted by Gasteiger charge is -2.30. The minimum Gasteiger partial charge on any atom is -0.456 e. The lowest BCUT2D eigenvalue weighted by Crippen LogP contribution is -2.12. The van der Waals surface area contributed by atoms with E-state index in [4.69, 9.17) is 4.42 Å². The molecule has 0 aliphatic heterocycles. The molecule has 0 bridgehead atoms. The normalized spacial score (nSPS) is 11.7. The van der Waals surface area contributed by atoms with Crippen LogP contribution in [0, 0.1) is 0 Å². The highest BCUT2D eigenvalue weighted by Crippen LogP contribution is 2.48. The Labute approximate surface area is 312 Å². The molecular formula is C52H33NO. The predicted molar refractivity (Wildman–Crippen MR) is 229 cm³/mol. The van der Waals surface area contributed by atoms with E-state index in [2.05, 4.69) is 205 Å². The maximum atomic E-state index is 6.58. The number of furan rings is 1. The summed E-state index contributed by atoms with van der Waals surface area (Å²) in [5.74, 6) is 0. The van der Waals surface area contributed by atoms with E-state index in [1.54, 1.807) is 0 Å². The summed E-state index contributed by atoms with van der Waals surface area (Å²) in [7, 11) is 0. The molecule has 10 aromatic carbocycles. The molecule has 252 valence electrons. The van der Waals surface area contributed by atoms with Crippen LogP contribution < -0.4 is 4.90 Å². The molecule has 11 aromatic rings. The summed E-state index contributed by atoms with van der Waals surface area (Å²) in [5, 5.41) is 12.0. The number of para-hydroxylation sites is 1. The highest BCUT2D eigenvalue weighted by atomic mass is 16.3. The van der Waals surface area contributed by atoms with Crippen LogP contribution in [0.2, 0.25) is 0 Å². The van der Waals surface area contributed by atoms with Gasteiger partial charge in [0.1, 0.15) is 11.2 Å². The summed E-state index contributed by atoms with van der Waals surface area (Å²) < 4.78 is 6.58. The van der Waals surface area contributed by atoms with Crippen LogP contribution in [0.25, 0.3) is 87.3 Å². The maximum Gasteiger partial charge on any atom is 0.136 e. The molecule has 2 heteroatoms. The third kappa shape index (κ3) is 4.81. The Morgan fingerprint density at radius 3 is 1.81 bits per heavy atom. The van der Waals surface area contributed by atoms with Gasteiger partial charge in [0.25, 0.3) is 0 Å². The second-order valence-electron chi connectivity index (χ2n) is 14.1. The van der Waals surface area contributed by atoms with E-state index in [0.29, 0.717) is 0 Å². The number of anilines is 3. The van der Waals surface area contributed by atoms with E-state index >= 15 is 0 Å². The van der Waals surface area contributed by atoms with Crippen molar-refractivity contribution in [3.05, 3.63) is 200 Å². The van der Waals surface area contributed by atoms with Gasteiger partial charge in [0.15, 0.2) is 0 Å². The highest BCUT2D eigenvalue weighted by Gasteiger charge is 2.22. The zero-order valence-electron chi connectivity index (χ0n) is 29.4. The first-order valence-electron chi connectivity index (χ1n) is 18.5. The Morgan fingerprint density at radius 2 is 0.926 bits per heavy atom. The number of hydrogen-bond donors (Lipinski definition) is 0. The molecule has 0 atom stereocenters. The van der Waals surface area contributed by atoms with Crippen LogP contribution in [0.3, 0.4) is 0 Å². The van der Waals surface area contributed by atoms with Gasteiger partial charge in [-0.3, -0.25) is 0 Å². The van der Waals surface area contributed by atoms with Gasteiger partial charge in [-0.05, 0) is 96.9 Å². The fraction of sp³-hybridized carbons (Fsp3) is 0. The van der Waals surface area contributed by atoms with E-state index in [-0.39, 0.29) is 0 Å². The summed E-state index contributed by atoms with van der Waals surface area (Å²) in [6.45, 7) is 0. The zero-order chi connectivity index (χ0) is 35.6. The highest BCUT2D eigenvalue weighted by molar-refractivity contribution is 6.18. The van der Waals surface area contributed by atoms with Crippen molar-refractivity contribution in [2.24, 2.45) is 0 Å². The van der Waals surface area contributed by atoms with Gasteiger partial charge in [-0.25, -0.2) is 0 Å². The van der Waals surface area contributed by atoms with Crippen molar-refractivity contribution in [2.75, 3.05) is 4.90 Å². The van der Waals surface area contributed by atoms with E-state index in [0.717, 1.165) is 50.1 Å².